The van der Waals surface area contributed by atoms with E-state index < -0.39 is 47.0 Å². The van der Waals surface area contributed by atoms with Gasteiger partial charge in [0, 0.05) is 40.1 Å². The molecule has 0 saturated heterocycles. The van der Waals surface area contributed by atoms with Crippen molar-refractivity contribution in [2.45, 2.75) is 99.8 Å². The Morgan fingerprint density at radius 2 is 0.822 bits per heavy atom. The van der Waals surface area contributed by atoms with Gasteiger partial charge in [-0.15, -0.1) is 0 Å². The maximum absolute atomic E-state index is 11.9. The van der Waals surface area contributed by atoms with Crippen molar-refractivity contribution in [2.75, 3.05) is 26.4 Å². The Kier molecular flexibility index (Phi) is 28.5. The van der Waals surface area contributed by atoms with Gasteiger partial charge < -0.3 is 18.9 Å². The van der Waals surface area contributed by atoms with Gasteiger partial charge in [-0.25, -0.2) is 19.2 Å². The van der Waals surface area contributed by atoms with Gasteiger partial charge in [0.25, 0.3) is 23.1 Å². The van der Waals surface area contributed by atoms with Crippen molar-refractivity contribution >= 4 is 111 Å². The fourth-order valence-electron chi connectivity index (χ4n) is 6.44. The Morgan fingerprint density at radius 1 is 0.411 bits per heavy atom. The highest BCUT2D eigenvalue weighted by atomic mass is 79.9. The van der Waals surface area contributed by atoms with E-state index in [0.29, 0.717) is 26.7 Å². The third-order valence-corrected chi connectivity index (χ3v) is 12.9. The number of hydrogen-bond donors (Lipinski definition) is 0. The first kappa shape index (κ1) is 63.7. The van der Waals surface area contributed by atoms with Crippen LogP contribution in [-0.4, -0.2) is 73.4 Å². The molecular formula is C57H62Br4O12. The van der Waals surface area contributed by atoms with Crippen LogP contribution in [0, 0.1) is 0 Å². The van der Waals surface area contributed by atoms with Crippen LogP contribution in [-0.2, 0) is 56.4 Å². The van der Waals surface area contributed by atoms with E-state index in [0.717, 1.165) is 73.3 Å². The number of ether oxygens (including phenoxy) is 4. The molecule has 0 N–H and O–H groups in total. The summed E-state index contributed by atoms with van der Waals surface area (Å²) in [6.45, 7) is 18.0. The van der Waals surface area contributed by atoms with Crippen LogP contribution in [0.25, 0.3) is 11.1 Å². The SMILES string of the molecule is CCCCc1ccc(C(=O)C(=O)OCC)cc1Br.CCCc1ccc(C(=O)C(=O)OCC)cc1Br.CCOC(=O)C(=O)c1ccc(-c2ccccc2)cc1Br.CCOC(=O)C(=O)c1ccc(C(C)(C)C)c(Br)c1. The first-order valence-electron chi connectivity index (χ1n) is 23.7. The predicted octanol–water partition coefficient (Wildman–Crippen LogP) is 14.0. The monoisotopic (exact) mass is 1250 g/mol. The molecule has 0 saturated carbocycles. The number of carbonyl (C=O) groups excluding carboxylic acids is 8. The molecule has 12 nitrogen and oxygen atoms in total. The van der Waals surface area contributed by atoms with E-state index in [9.17, 15) is 38.4 Å². The average Bonchev–Trinajstić information content (AvgIpc) is 3.36. The first-order valence-corrected chi connectivity index (χ1v) is 26.8. The molecular weight excluding hydrogens is 1200 g/mol. The van der Waals surface area contributed by atoms with E-state index in [-0.39, 0.29) is 31.8 Å². The lowest BCUT2D eigenvalue weighted by Gasteiger charge is -2.21. The minimum absolute atomic E-state index is 0.0235. The van der Waals surface area contributed by atoms with Crippen LogP contribution >= 0.6 is 63.7 Å². The third-order valence-electron chi connectivity index (χ3n) is 10.2. The lowest BCUT2D eigenvalue weighted by atomic mass is 9.86. The van der Waals surface area contributed by atoms with Crippen LogP contribution < -0.4 is 0 Å². The smallest absolute Gasteiger partial charge is 0.379 e. The van der Waals surface area contributed by atoms with Gasteiger partial charge in [-0.3, -0.25) is 19.2 Å². The molecule has 0 radical (unpaired) electrons. The van der Waals surface area contributed by atoms with E-state index in [4.69, 9.17) is 9.47 Å². The summed E-state index contributed by atoms with van der Waals surface area (Å²) in [7, 11) is 0. The molecule has 0 bridgehead atoms. The molecule has 73 heavy (non-hydrogen) atoms. The molecule has 0 heterocycles. The number of hydrogen-bond acceptors (Lipinski definition) is 12. The Hall–Kier alpha value is -5.42. The van der Waals surface area contributed by atoms with Crippen molar-refractivity contribution < 1.29 is 57.3 Å². The normalized spacial score (nSPS) is 10.4. The topological polar surface area (TPSA) is 173 Å². The third kappa shape index (κ3) is 20.8. The zero-order valence-electron chi connectivity index (χ0n) is 42.6. The molecule has 0 aliphatic heterocycles. The molecule has 5 aromatic rings. The molecule has 0 aliphatic carbocycles. The summed E-state index contributed by atoms with van der Waals surface area (Å²) in [5, 5.41) is 0. The number of Topliss-reactive ketones (excluding diaryl/α,β-unsaturated/α-hetero) is 4. The molecule has 5 rings (SSSR count). The highest BCUT2D eigenvalue weighted by Gasteiger charge is 2.23. The van der Waals surface area contributed by atoms with E-state index in [1.807, 2.05) is 60.7 Å². The van der Waals surface area contributed by atoms with E-state index in [2.05, 4.69) is 108 Å². The van der Waals surface area contributed by atoms with Crippen LogP contribution in [0.2, 0.25) is 0 Å². The standard InChI is InChI=1S/C16H13BrO3.2C14H17BrO3.C13H15BrO3/c1-2-20-16(19)15(18)13-9-8-12(10-14(13)17)11-6-4-3-5-7-11;1-5-18-13(17)12(16)9-6-7-10(11(15)8-9)14(2,3)4;1-3-5-6-10-7-8-11(9-12(10)15)13(16)14(17)18-4-2;1-3-5-9-6-7-10(8-11(9)14)12(15)13(16)17-4-2/h3-10H,2H2,1H3;6-8H,5H2,1-4H3;7-9H,3-6H2,1-2H3;6-8H,3-5H2,1-2H3. The number of unbranched alkanes of at least 4 members (excludes halogenated alkanes) is 1. The van der Waals surface area contributed by atoms with Crippen molar-refractivity contribution in [2.24, 2.45) is 0 Å². The molecule has 0 aliphatic rings. The van der Waals surface area contributed by atoms with Gasteiger partial charge >= 0.3 is 23.9 Å². The second kappa shape index (κ2) is 32.7. The molecule has 0 amide bonds. The zero-order chi connectivity index (χ0) is 54.8. The number of aryl methyl sites for hydroxylation is 2. The quantitative estimate of drug-likeness (QED) is 0.0352. The van der Waals surface area contributed by atoms with Crippen molar-refractivity contribution in [3.05, 3.63) is 160 Å². The zero-order valence-corrected chi connectivity index (χ0v) is 48.9. The van der Waals surface area contributed by atoms with Crippen LogP contribution in [0.4, 0.5) is 0 Å². The molecule has 0 unspecified atom stereocenters. The van der Waals surface area contributed by atoms with E-state index in [1.165, 1.54) is 0 Å². The minimum Gasteiger partial charge on any atom is -0.460 e. The molecule has 0 atom stereocenters. The Morgan fingerprint density at radius 3 is 1.19 bits per heavy atom. The Bertz CT molecular complexity index is 2710. The molecule has 0 fully saturated rings. The van der Waals surface area contributed by atoms with Gasteiger partial charge in [0.2, 0.25) is 0 Å². The maximum atomic E-state index is 11.9. The summed E-state index contributed by atoms with van der Waals surface area (Å²) < 4.78 is 21.9. The fourth-order valence-corrected chi connectivity index (χ4v) is 9.13. The lowest BCUT2D eigenvalue weighted by Crippen LogP contribution is -2.18. The number of ketones is 4. The average molecular weight is 1260 g/mol. The van der Waals surface area contributed by atoms with Gasteiger partial charge in [-0.05, 0) is 111 Å². The number of carbonyl (C=O) groups is 8. The van der Waals surface area contributed by atoms with Gasteiger partial charge in [-0.2, -0.15) is 0 Å². The van der Waals surface area contributed by atoms with Gasteiger partial charge in [-0.1, -0.05) is 184 Å². The summed E-state index contributed by atoms with van der Waals surface area (Å²) in [4.78, 5) is 92.4. The second-order valence-corrected chi connectivity index (χ2v) is 20.1. The summed E-state index contributed by atoms with van der Waals surface area (Å²) in [6, 6.07) is 30.7. The summed E-state index contributed by atoms with van der Waals surface area (Å²) >= 11 is 13.6. The molecule has 390 valence electrons. The van der Waals surface area contributed by atoms with Crippen molar-refractivity contribution in [3.63, 3.8) is 0 Å². The van der Waals surface area contributed by atoms with Gasteiger partial charge in [0.15, 0.2) is 0 Å². The van der Waals surface area contributed by atoms with Crippen molar-refractivity contribution in [1.82, 2.24) is 0 Å². The highest BCUT2D eigenvalue weighted by molar-refractivity contribution is 9.11. The Balaban J connectivity index is 0.000000334. The fraction of sp³-hybridized carbons (Fsp3) is 0.333. The van der Waals surface area contributed by atoms with E-state index in [1.54, 1.807) is 70.2 Å². The molecule has 5 aromatic carbocycles. The number of rotatable bonds is 18. The molecule has 0 aromatic heterocycles. The van der Waals surface area contributed by atoms with Crippen molar-refractivity contribution in [1.29, 1.82) is 0 Å². The van der Waals surface area contributed by atoms with Crippen LogP contribution in [0.3, 0.4) is 0 Å². The maximum Gasteiger partial charge on any atom is 0.379 e. The summed E-state index contributed by atoms with van der Waals surface area (Å²) in [6.07, 6.45) is 5.16. The van der Waals surface area contributed by atoms with Crippen LogP contribution in [0.5, 0.6) is 0 Å². The predicted molar refractivity (Wildman–Crippen MR) is 297 cm³/mol. The molecule has 16 heteroatoms. The van der Waals surface area contributed by atoms with Crippen LogP contribution in [0.15, 0.2) is 121 Å². The van der Waals surface area contributed by atoms with Crippen LogP contribution in [0.1, 0.15) is 140 Å². The minimum atomic E-state index is -0.833. The number of esters is 4. The van der Waals surface area contributed by atoms with Gasteiger partial charge in [0.1, 0.15) is 0 Å². The van der Waals surface area contributed by atoms with Gasteiger partial charge in [0.05, 0.1) is 26.4 Å². The Labute approximate surface area is 462 Å². The van der Waals surface area contributed by atoms with E-state index >= 15 is 0 Å². The molecule has 0 spiro atoms. The highest BCUT2D eigenvalue weighted by Crippen LogP contribution is 2.31. The second-order valence-electron chi connectivity index (χ2n) is 16.7. The summed E-state index contributed by atoms with van der Waals surface area (Å²) in [5.74, 6) is -5.70. The lowest BCUT2D eigenvalue weighted by molar-refractivity contribution is -0.138. The number of halogens is 4. The summed E-state index contributed by atoms with van der Waals surface area (Å²) in [5.41, 5.74) is 6.73. The van der Waals surface area contributed by atoms with Crippen molar-refractivity contribution in [3.8, 4) is 11.1 Å². The largest absolute Gasteiger partial charge is 0.460 e. The first-order chi connectivity index (χ1) is 34.6. The number of benzene rings is 5.